The minimum Gasteiger partial charge on any atom is -0.496 e. The Morgan fingerprint density at radius 1 is 1.40 bits per heavy atom. The number of halogens is 1. The number of nitrogens with zero attached hydrogens (tertiary/aromatic N) is 1. The van der Waals surface area contributed by atoms with Gasteiger partial charge in [-0.05, 0) is 47.1 Å². The van der Waals surface area contributed by atoms with Crippen LogP contribution in [0.4, 0.5) is 11.4 Å². The Bertz CT molecular complexity index is 630. The van der Waals surface area contributed by atoms with Crippen molar-refractivity contribution in [3.63, 3.8) is 0 Å². The van der Waals surface area contributed by atoms with Gasteiger partial charge in [0.25, 0.3) is 5.69 Å². The predicted octanol–water partition coefficient (Wildman–Crippen LogP) is 4.60. The van der Waals surface area contributed by atoms with Crippen molar-refractivity contribution in [2.45, 2.75) is 13.0 Å². The lowest BCUT2D eigenvalue weighted by Gasteiger charge is -2.14. The molecule has 5 nitrogen and oxygen atoms in total. The maximum atomic E-state index is 11.1. The van der Waals surface area contributed by atoms with Gasteiger partial charge in [-0.1, -0.05) is 0 Å². The van der Waals surface area contributed by atoms with Crippen molar-refractivity contribution in [1.29, 1.82) is 0 Å². The Labute approximate surface area is 128 Å². The molecular weight excluding hydrogens is 344 g/mol. The lowest BCUT2D eigenvalue weighted by molar-refractivity contribution is -0.384. The molecule has 0 saturated heterocycles. The van der Waals surface area contributed by atoms with Gasteiger partial charge in [-0.15, -0.1) is 11.3 Å². The molecule has 0 aliphatic carbocycles. The number of benzene rings is 1. The van der Waals surface area contributed by atoms with Crippen LogP contribution in [-0.2, 0) is 0 Å². The summed E-state index contributed by atoms with van der Waals surface area (Å²) < 4.78 is 6.05. The van der Waals surface area contributed by atoms with E-state index in [-0.39, 0.29) is 11.7 Å². The molecule has 1 unspecified atom stereocenters. The number of ether oxygens (including phenoxy) is 1. The molecule has 0 radical (unpaired) electrons. The van der Waals surface area contributed by atoms with E-state index in [4.69, 9.17) is 4.74 Å². The summed E-state index contributed by atoms with van der Waals surface area (Å²) >= 11 is 5.01. The number of hydrogen-bond donors (Lipinski definition) is 1. The predicted molar refractivity (Wildman–Crippen MR) is 83.7 cm³/mol. The summed E-state index contributed by atoms with van der Waals surface area (Å²) in [5.41, 5.74) is 0.486. The number of rotatable bonds is 5. The van der Waals surface area contributed by atoms with E-state index in [2.05, 4.69) is 21.2 Å². The largest absolute Gasteiger partial charge is 0.496 e. The van der Waals surface area contributed by atoms with Crippen molar-refractivity contribution < 1.29 is 9.66 Å². The molecule has 106 valence electrons. The highest BCUT2D eigenvalue weighted by Gasteiger charge is 2.18. The van der Waals surface area contributed by atoms with Crippen LogP contribution in [0.5, 0.6) is 5.75 Å². The minimum atomic E-state index is -0.415. The number of nitrogens with one attached hydrogen (secondary N) is 1. The van der Waals surface area contributed by atoms with E-state index in [9.17, 15) is 10.1 Å². The van der Waals surface area contributed by atoms with Crippen molar-refractivity contribution in [1.82, 2.24) is 0 Å². The van der Waals surface area contributed by atoms with E-state index >= 15 is 0 Å². The monoisotopic (exact) mass is 356 g/mol. The van der Waals surface area contributed by atoms with Gasteiger partial charge >= 0.3 is 0 Å². The molecule has 0 aliphatic rings. The first kappa shape index (κ1) is 14.8. The molecule has 1 atom stereocenters. The minimum absolute atomic E-state index is 0.00632. The fourth-order valence-corrected chi connectivity index (χ4v) is 3.20. The van der Waals surface area contributed by atoms with Crippen LogP contribution in [0.25, 0.3) is 0 Å². The average molecular weight is 357 g/mol. The van der Waals surface area contributed by atoms with Crippen LogP contribution < -0.4 is 10.1 Å². The molecule has 1 aromatic heterocycles. The van der Waals surface area contributed by atoms with Gasteiger partial charge in [0.1, 0.15) is 11.4 Å². The highest BCUT2D eigenvalue weighted by Crippen LogP contribution is 2.34. The first-order chi connectivity index (χ1) is 9.51. The first-order valence-electron chi connectivity index (χ1n) is 5.85. The Balaban J connectivity index is 2.26. The van der Waals surface area contributed by atoms with Crippen LogP contribution in [0.1, 0.15) is 17.8 Å². The Hall–Kier alpha value is -1.60. The summed E-state index contributed by atoms with van der Waals surface area (Å²) in [6, 6.07) is 8.71. The van der Waals surface area contributed by atoms with Gasteiger partial charge in [-0.2, -0.15) is 0 Å². The smallest absolute Gasteiger partial charge is 0.296 e. The van der Waals surface area contributed by atoms with E-state index in [1.54, 1.807) is 23.5 Å². The normalized spacial score (nSPS) is 11.9. The van der Waals surface area contributed by atoms with Crippen LogP contribution in [0.2, 0.25) is 0 Å². The summed E-state index contributed by atoms with van der Waals surface area (Å²) in [4.78, 5) is 11.8. The van der Waals surface area contributed by atoms with Crippen molar-refractivity contribution in [2.75, 3.05) is 12.4 Å². The highest BCUT2D eigenvalue weighted by atomic mass is 79.9. The maximum absolute atomic E-state index is 11.1. The number of nitro benzene ring substituents is 1. The third-order valence-electron chi connectivity index (χ3n) is 2.79. The van der Waals surface area contributed by atoms with Gasteiger partial charge in [0.05, 0.1) is 27.9 Å². The van der Waals surface area contributed by atoms with Gasteiger partial charge < -0.3 is 10.1 Å². The Kier molecular flexibility index (Phi) is 4.61. The molecule has 2 aromatic rings. The molecular formula is C13H13BrN2O3S. The van der Waals surface area contributed by atoms with Crippen LogP contribution in [0, 0.1) is 10.1 Å². The topological polar surface area (TPSA) is 64.4 Å². The molecule has 20 heavy (non-hydrogen) atoms. The summed E-state index contributed by atoms with van der Waals surface area (Å²) in [6.07, 6.45) is 0. The van der Waals surface area contributed by atoms with Crippen molar-refractivity contribution in [2.24, 2.45) is 0 Å². The highest BCUT2D eigenvalue weighted by molar-refractivity contribution is 9.11. The van der Waals surface area contributed by atoms with Gasteiger partial charge in [0.2, 0.25) is 0 Å². The Morgan fingerprint density at radius 2 is 2.15 bits per heavy atom. The fraction of sp³-hybridized carbons (Fsp3) is 0.231. The van der Waals surface area contributed by atoms with Crippen LogP contribution >= 0.6 is 27.3 Å². The zero-order valence-electron chi connectivity index (χ0n) is 10.9. The number of nitro groups is 1. The van der Waals surface area contributed by atoms with E-state index in [0.29, 0.717) is 11.4 Å². The van der Waals surface area contributed by atoms with E-state index in [1.807, 2.05) is 19.1 Å². The second kappa shape index (κ2) is 6.23. The molecule has 0 spiro atoms. The fourth-order valence-electron chi connectivity index (χ4n) is 1.78. The molecule has 1 heterocycles. The average Bonchev–Trinajstić information content (AvgIpc) is 2.85. The molecule has 0 aliphatic heterocycles. The van der Waals surface area contributed by atoms with Crippen molar-refractivity contribution in [3.8, 4) is 5.75 Å². The molecule has 1 aromatic carbocycles. The van der Waals surface area contributed by atoms with Crippen molar-refractivity contribution >= 4 is 38.6 Å². The lowest BCUT2D eigenvalue weighted by atomic mass is 10.2. The van der Waals surface area contributed by atoms with E-state index in [1.165, 1.54) is 13.2 Å². The number of methoxy groups -OCH3 is 1. The maximum Gasteiger partial charge on any atom is 0.296 e. The van der Waals surface area contributed by atoms with Gasteiger partial charge in [-0.25, -0.2) is 0 Å². The number of thiophene rings is 1. The molecule has 0 amide bonds. The second-order valence-electron chi connectivity index (χ2n) is 4.15. The third kappa shape index (κ3) is 3.29. The number of anilines is 1. The molecule has 0 fully saturated rings. The second-order valence-corrected chi connectivity index (χ2v) is 6.64. The molecule has 2 rings (SSSR count). The van der Waals surface area contributed by atoms with Crippen LogP contribution in [0.3, 0.4) is 0 Å². The Morgan fingerprint density at radius 3 is 2.70 bits per heavy atom. The molecule has 1 N–H and O–H groups in total. The third-order valence-corrected chi connectivity index (χ3v) is 4.60. The SMILES string of the molecule is COc1ccc(NC(C)c2ccc(Br)s2)c([N+](=O)[O-])c1. The standard InChI is InChI=1S/C13H13BrN2O3S/c1-8(12-5-6-13(14)20-12)15-10-4-3-9(19-2)7-11(10)16(17)18/h3-8,15H,1-2H3. The van der Waals surface area contributed by atoms with Crippen molar-refractivity contribution in [3.05, 3.63) is 49.1 Å². The van der Waals surface area contributed by atoms with Gasteiger partial charge in [0.15, 0.2) is 0 Å². The number of hydrogen-bond acceptors (Lipinski definition) is 5. The van der Waals surface area contributed by atoms with Crippen LogP contribution in [-0.4, -0.2) is 12.0 Å². The zero-order valence-corrected chi connectivity index (χ0v) is 13.3. The van der Waals surface area contributed by atoms with Gasteiger partial charge in [0, 0.05) is 4.88 Å². The molecule has 7 heteroatoms. The van der Waals surface area contributed by atoms with Crippen LogP contribution in [0.15, 0.2) is 34.1 Å². The first-order valence-corrected chi connectivity index (χ1v) is 7.46. The summed E-state index contributed by atoms with van der Waals surface area (Å²) in [5.74, 6) is 0.466. The summed E-state index contributed by atoms with van der Waals surface area (Å²) in [7, 11) is 1.48. The quantitative estimate of drug-likeness (QED) is 0.627. The van der Waals surface area contributed by atoms with E-state index < -0.39 is 4.92 Å². The zero-order chi connectivity index (χ0) is 14.7. The summed E-state index contributed by atoms with van der Waals surface area (Å²) in [5, 5.41) is 14.3. The molecule has 0 bridgehead atoms. The lowest BCUT2D eigenvalue weighted by Crippen LogP contribution is -2.07. The van der Waals surface area contributed by atoms with Gasteiger partial charge in [-0.3, -0.25) is 10.1 Å². The molecule has 0 saturated carbocycles. The summed E-state index contributed by atoms with van der Waals surface area (Å²) in [6.45, 7) is 1.96. The van der Waals surface area contributed by atoms with E-state index in [0.717, 1.165) is 8.66 Å².